The van der Waals surface area contributed by atoms with Gasteiger partial charge in [-0.2, -0.15) is 0 Å². The Labute approximate surface area is 180 Å². The molecule has 0 spiro atoms. The number of carbonyl (C=O) groups excluding carboxylic acids is 1. The summed E-state index contributed by atoms with van der Waals surface area (Å²) in [6.07, 6.45) is 0. The van der Waals surface area contributed by atoms with E-state index in [0.717, 1.165) is 6.07 Å². The van der Waals surface area contributed by atoms with Crippen LogP contribution < -0.4 is 16.4 Å². The Balaban J connectivity index is 1.95. The number of carboxylic acids is 1. The van der Waals surface area contributed by atoms with Gasteiger partial charge in [-0.1, -0.05) is 35.3 Å². The Bertz CT molecular complexity index is 1200. The second kappa shape index (κ2) is 7.19. The molecule has 6 nitrogen and oxygen atoms in total. The van der Waals surface area contributed by atoms with E-state index in [1.807, 2.05) is 0 Å². The molecule has 5 N–H and O–H groups in total. The molecule has 30 heavy (non-hydrogen) atoms. The molecule has 0 aliphatic carbocycles. The van der Waals surface area contributed by atoms with E-state index in [-0.39, 0.29) is 11.1 Å². The molecule has 1 aliphatic heterocycles. The number of primary amides is 1. The van der Waals surface area contributed by atoms with Crippen LogP contribution in [-0.4, -0.2) is 17.0 Å². The number of hydrogen-bond donors (Lipinski definition) is 4. The fourth-order valence-corrected chi connectivity index (χ4v) is 4.22. The minimum absolute atomic E-state index is 0.0689. The maximum Gasteiger partial charge on any atom is 0.335 e. The molecule has 0 saturated heterocycles. The standard InChI is InChI=1S/C21H14Cl2FN3O3/c22-13-2-1-3-14(23)18(13)21(11-5-6-12(19(25)28)15(24)9-11)26-16-7-4-10(20(29)30)8-17(16)27-21/h1-9,26-27H,(H2,25,28)(H,29,30). The van der Waals surface area contributed by atoms with Crippen molar-refractivity contribution in [3.8, 4) is 0 Å². The number of aromatic carboxylic acids is 1. The van der Waals surface area contributed by atoms with Crippen LogP contribution in [0.25, 0.3) is 0 Å². The Morgan fingerprint density at radius 3 is 2.23 bits per heavy atom. The number of hydrogen-bond acceptors (Lipinski definition) is 4. The first-order valence-corrected chi connectivity index (χ1v) is 9.46. The van der Waals surface area contributed by atoms with E-state index < -0.39 is 23.4 Å². The van der Waals surface area contributed by atoms with E-state index in [1.165, 1.54) is 24.3 Å². The van der Waals surface area contributed by atoms with Crippen molar-refractivity contribution in [2.24, 2.45) is 5.73 Å². The minimum Gasteiger partial charge on any atom is -0.478 e. The summed E-state index contributed by atoms with van der Waals surface area (Å²) >= 11 is 12.9. The molecule has 0 saturated carbocycles. The summed E-state index contributed by atoms with van der Waals surface area (Å²) in [6, 6.07) is 13.4. The van der Waals surface area contributed by atoms with Crippen LogP contribution in [0.15, 0.2) is 54.6 Å². The second-order valence-corrected chi connectivity index (χ2v) is 7.54. The predicted octanol–water partition coefficient (Wildman–Crippen LogP) is 4.67. The van der Waals surface area contributed by atoms with Gasteiger partial charge in [-0.3, -0.25) is 4.79 Å². The van der Waals surface area contributed by atoms with Crippen molar-refractivity contribution in [2.75, 3.05) is 10.6 Å². The van der Waals surface area contributed by atoms with Crippen molar-refractivity contribution < 1.29 is 19.1 Å². The third-order valence-corrected chi connectivity index (χ3v) is 5.55. The third kappa shape index (κ3) is 3.12. The van der Waals surface area contributed by atoms with Crippen molar-refractivity contribution in [3.05, 3.63) is 92.7 Å². The van der Waals surface area contributed by atoms with Gasteiger partial charge in [0.1, 0.15) is 5.82 Å². The van der Waals surface area contributed by atoms with Crippen LogP contribution in [-0.2, 0) is 5.66 Å². The zero-order valence-electron chi connectivity index (χ0n) is 15.2. The van der Waals surface area contributed by atoms with E-state index in [1.54, 1.807) is 24.3 Å². The lowest BCUT2D eigenvalue weighted by molar-refractivity contribution is 0.0696. The fourth-order valence-electron chi connectivity index (χ4n) is 3.54. The van der Waals surface area contributed by atoms with E-state index in [9.17, 15) is 19.1 Å². The Kier molecular flexibility index (Phi) is 4.80. The topological polar surface area (TPSA) is 104 Å². The first-order valence-electron chi connectivity index (χ1n) is 8.71. The number of carboxylic acid groups (broad SMARTS) is 1. The number of rotatable bonds is 4. The van der Waals surface area contributed by atoms with E-state index in [4.69, 9.17) is 28.9 Å². The average molecular weight is 446 g/mol. The minimum atomic E-state index is -1.33. The molecule has 0 aromatic heterocycles. The highest BCUT2D eigenvalue weighted by atomic mass is 35.5. The maximum absolute atomic E-state index is 14.6. The lowest BCUT2D eigenvalue weighted by Gasteiger charge is -2.33. The van der Waals surface area contributed by atoms with E-state index >= 15 is 0 Å². The first kappa shape index (κ1) is 20.0. The zero-order chi connectivity index (χ0) is 21.6. The van der Waals surface area contributed by atoms with Gasteiger partial charge in [0.05, 0.1) is 22.5 Å². The van der Waals surface area contributed by atoms with Crippen molar-refractivity contribution in [3.63, 3.8) is 0 Å². The molecule has 4 rings (SSSR count). The quantitative estimate of drug-likeness (QED) is 0.467. The summed E-state index contributed by atoms with van der Waals surface area (Å²) in [7, 11) is 0. The molecule has 0 bridgehead atoms. The Morgan fingerprint density at radius 1 is 0.967 bits per heavy atom. The Hall–Kier alpha value is -3.29. The maximum atomic E-state index is 14.6. The molecule has 0 radical (unpaired) electrons. The van der Waals surface area contributed by atoms with Crippen LogP contribution in [0.5, 0.6) is 0 Å². The summed E-state index contributed by atoms with van der Waals surface area (Å²) in [6.45, 7) is 0. The number of benzene rings is 3. The summed E-state index contributed by atoms with van der Waals surface area (Å²) in [5, 5.41) is 16.4. The number of halogens is 3. The summed E-state index contributed by atoms with van der Waals surface area (Å²) < 4.78 is 14.6. The van der Waals surface area contributed by atoms with Crippen LogP contribution in [0, 0.1) is 5.82 Å². The number of carbonyl (C=O) groups is 2. The van der Waals surface area contributed by atoms with Gasteiger partial charge in [-0.15, -0.1) is 0 Å². The molecule has 3 aromatic rings. The van der Waals surface area contributed by atoms with E-state index in [0.29, 0.717) is 32.5 Å². The molecular formula is C21H14Cl2FN3O3. The largest absolute Gasteiger partial charge is 0.478 e. The van der Waals surface area contributed by atoms with Crippen molar-refractivity contribution >= 4 is 46.5 Å². The summed E-state index contributed by atoms with van der Waals surface area (Å²) in [5.74, 6) is -2.80. The predicted molar refractivity (Wildman–Crippen MR) is 113 cm³/mol. The van der Waals surface area contributed by atoms with E-state index in [2.05, 4.69) is 10.6 Å². The number of amides is 1. The lowest BCUT2D eigenvalue weighted by Crippen LogP contribution is -2.41. The zero-order valence-corrected chi connectivity index (χ0v) is 16.7. The normalized spacial score (nSPS) is 17.0. The van der Waals surface area contributed by atoms with Gasteiger partial charge >= 0.3 is 5.97 Å². The van der Waals surface area contributed by atoms with Gasteiger partial charge < -0.3 is 21.5 Å². The van der Waals surface area contributed by atoms with Gasteiger partial charge in [0.2, 0.25) is 0 Å². The van der Waals surface area contributed by atoms with Gasteiger partial charge in [-0.25, -0.2) is 9.18 Å². The molecule has 9 heteroatoms. The van der Waals surface area contributed by atoms with Crippen LogP contribution >= 0.6 is 23.2 Å². The highest BCUT2D eigenvalue weighted by molar-refractivity contribution is 6.36. The highest BCUT2D eigenvalue weighted by Crippen LogP contribution is 2.48. The number of nitrogens with two attached hydrogens (primary N) is 1. The van der Waals surface area contributed by atoms with Crippen LogP contribution in [0.2, 0.25) is 10.0 Å². The third-order valence-electron chi connectivity index (χ3n) is 4.92. The molecule has 0 fully saturated rings. The van der Waals surface area contributed by atoms with Crippen LogP contribution in [0.3, 0.4) is 0 Å². The number of fused-ring (bicyclic) bond motifs is 1. The van der Waals surface area contributed by atoms with Crippen molar-refractivity contribution in [2.45, 2.75) is 5.66 Å². The smallest absolute Gasteiger partial charge is 0.335 e. The molecule has 152 valence electrons. The molecular weight excluding hydrogens is 432 g/mol. The highest BCUT2D eigenvalue weighted by Gasteiger charge is 2.43. The van der Waals surface area contributed by atoms with Crippen LogP contribution in [0.4, 0.5) is 15.8 Å². The monoisotopic (exact) mass is 445 g/mol. The summed E-state index contributed by atoms with van der Waals surface area (Å²) in [4.78, 5) is 22.8. The van der Waals surface area contributed by atoms with Gasteiger partial charge in [0.15, 0.2) is 5.66 Å². The SMILES string of the molecule is NC(=O)c1ccc(C2(c3c(Cl)cccc3Cl)Nc3ccc(C(=O)O)cc3N2)cc1F. The Morgan fingerprint density at radius 2 is 1.63 bits per heavy atom. The van der Waals surface area contributed by atoms with Crippen molar-refractivity contribution in [1.29, 1.82) is 0 Å². The average Bonchev–Trinajstić information content (AvgIpc) is 3.06. The molecule has 3 aromatic carbocycles. The number of nitrogens with one attached hydrogen (secondary N) is 2. The second-order valence-electron chi connectivity index (χ2n) is 6.72. The lowest BCUT2D eigenvalue weighted by atomic mass is 9.90. The number of anilines is 2. The molecule has 1 amide bonds. The van der Waals surface area contributed by atoms with Gasteiger partial charge in [-0.05, 0) is 42.5 Å². The molecule has 1 heterocycles. The molecule has 1 unspecified atom stereocenters. The van der Waals surface area contributed by atoms with Gasteiger partial charge in [0, 0.05) is 21.2 Å². The van der Waals surface area contributed by atoms with Crippen molar-refractivity contribution in [1.82, 2.24) is 0 Å². The first-order chi connectivity index (χ1) is 14.2. The fraction of sp³-hybridized carbons (Fsp3) is 0.0476. The molecule has 1 atom stereocenters. The van der Waals surface area contributed by atoms with Gasteiger partial charge in [0.25, 0.3) is 5.91 Å². The van der Waals surface area contributed by atoms with Crippen LogP contribution in [0.1, 0.15) is 31.8 Å². The molecule has 1 aliphatic rings. The summed E-state index contributed by atoms with van der Waals surface area (Å²) in [5.41, 5.74) is 5.49.